The number of hydrogen-bond donors (Lipinski definition) is 2. The molecule has 1 aliphatic carbocycles. The molecular formula is C17H33ClN2O2. The average Bonchev–Trinajstić information content (AvgIpc) is 2.52. The maximum Gasteiger partial charge on any atom is 0.220 e. The SMILES string of the molecule is CC1CCCCC1OCCNC(=O)CCC1CCNCC1.Cl. The fourth-order valence-corrected chi connectivity index (χ4v) is 3.52. The van der Waals surface area contributed by atoms with Crippen molar-refractivity contribution in [3.63, 3.8) is 0 Å². The number of halogens is 1. The van der Waals surface area contributed by atoms with Crippen molar-refractivity contribution in [3.8, 4) is 0 Å². The number of carbonyl (C=O) groups is 1. The van der Waals surface area contributed by atoms with E-state index < -0.39 is 0 Å². The lowest BCUT2D eigenvalue weighted by Gasteiger charge is -2.28. The van der Waals surface area contributed by atoms with Gasteiger partial charge in [0.05, 0.1) is 12.7 Å². The van der Waals surface area contributed by atoms with Gasteiger partial charge in [0.2, 0.25) is 5.91 Å². The molecule has 0 aromatic rings. The molecule has 2 N–H and O–H groups in total. The van der Waals surface area contributed by atoms with E-state index in [1.54, 1.807) is 0 Å². The molecule has 2 atom stereocenters. The van der Waals surface area contributed by atoms with Crippen molar-refractivity contribution in [1.29, 1.82) is 0 Å². The zero-order valence-electron chi connectivity index (χ0n) is 13.9. The van der Waals surface area contributed by atoms with Crippen molar-refractivity contribution in [2.24, 2.45) is 11.8 Å². The summed E-state index contributed by atoms with van der Waals surface area (Å²) in [6.45, 7) is 5.82. The third-order valence-corrected chi connectivity index (χ3v) is 5.03. The molecular weight excluding hydrogens is 300 g/mol. The van der Waals surface area contributed by atoms with Crippen molar-refractivity contribution in [1.82, 2.24) is 10.6 Å². The number of piperidine rings is 1. The molecule has 0 bridgehead atoms. The Hall–Kier alpha value is -0.320. The van der Waals surface area contributed by atoms with Gasteiger partial charge in [0.25, 0.3) is 0 Å². The molecule has 4 nitrogen and oxygen atoms in total. The molecule has 0 aromatic heterocycles. The number of hydrogen-bond acceptors (Lipinski definition) is 3. The fraction of sp³-hybridized carbons (Fsp3) is 0.941. The van der Waals surface area contributed by atoms with Crippen LogP contribution in [0.4, 0.5) is 0 Å². The molecule has 1 saturated carbocycles. The Morgan fingerprint density at radius 1 is 1.18 bits per heavy atom. The molecule has 0 radical (unpaired) electrons. The molecule has 1 amide bonds. The molecule has 1 saturated heterocycles. The van der Waals surface area contributed by atoms with E-state index in [1.165, 1.54) is 38.5 Å². The van der Waals surface area contributed by atoms with Crippen LogP contribution in [0.25, 0.3) is 0 Å². The zero-order valence-corrected chi connectivity index (χ0v) is 14.8. The van der Waals surface area contributed by atoms with Crippen LogP contribution in [0.15, 0.2) is 0 Å². The molecule has 22 heavy (non-hydrogen) atoms. The second-order valence-corrected chi connectivity index (χ2v) is 6.75. The summed E-state index contributed by atoms with van der Waals surface area (Å²) >= 11 is 0. The van der Waals surface area contributed by atoms with Gasteiger partial charge in [-0.05, 0) is 57.0 Å². The van der Waals surface area contributed by atoms with E-state index in [1.807, 2.05) is 0 Å². The largest absolute Gasteiger partial charge is 0.376 e. The van der Waals surface area contributed by atoms with E-state index >= 15 is 0 Å². The van der Waals surface area contributed by atoms with Crippen LogP contribution < -0.4 is 10.6 Å². The third kappa shape index (κ3) is 7.30. The van der Waals surface area contributed by atoms with Crippen molar-refractivity contribution in [2.45, 2.75) is 64.4 Å². The molecule has 2 fully saturated rings. The van der Waals surface area contributed by atoms with E-state index in [9.17, 15) is 4.79 Å². The Morgan fingerprint density at radius 2 is 1.91 bits per heavy atom. The summed E-state index contributed by atoms with van der Waals surface area (Å²) in [6, 6.07) is 0. The van der Waals surface area contributed by atoms with Crippen molar-refractivity contribution in [2.75, 3.05) is 26.2 Å². The molecule has 0 spiro atoms. The quantitative estimate of drug-likeness (QED) is 0.705. The van der Waals surface area contributed by atoms with Gasteiger partial charge in [-0.15, -0.1) is 12.4 Å². The molecule has 0 aromatic carbocycles. The van der Waals surface area contributed by atoms with Crippen LogP contribution in [0.2, 0.25) is 0 Å². The van der Waals surface area contributed by atoms with E-state index in [-0.39, 0.29) is 18.3 Å². The maximum atomic E-state index is 11.8. The minimum absolute atomic E-state index is 0. The standard InChI is InChI=1S/C17H32N2O2.ClH/c1-14-4-2-3-5-16(14)21-13-12-19-17(20)7-6-15-8-10-18-11-9-15;/h14-16,18H,2-13H2,1H3,(H,19,20);1H. The molecule has 1 heterocycles. The minimum atomic E-state index is 0. The zero-order chi connectivity index (χ0) is 14.9. The van der Waals surface area contributed by atoms with Crippen LogP contribution in [0.3, 0.4) is 0 Å². The number of ether oxygens (including phenoxy) is 1. The lowest BCUT2D eigenvalue weighted by Crippen LogP contribution is -2.32. The second-order valence-electron chi connectivity index (χ2n) is 6.75. The predicted octanol–water partition coefficient (Wildman–Crippen LogP) is 2.90. The first kappa shape index (κ1) is 19.7. The summed E-state index contributed by atoms with van der Waals surface area (Å²) in [7, 11) is 0. The van der Waals surface area contributed by atoms with Crippen LogP contribution in [-0.2, 0) is 9.53 Å². The van der Waals surface area contributed by atoms with E-state index in [0.29, 0.717) is 31.6 Å². The highest BCUT2D eigenvalue weighted by molar-refractivity contribution is 5.85. The van der Waals surface area contributed by atoms with Crippen LogP contribution in [0.1, 0.15) is 58.3 Å². The van der Waals surface area contributed by atoms with Gasteiger partial charge in [0.1, 0.15) is 0 Å². The number of nitrogens with one attached hydrogen (secondary N) is 2. The predicted molar refractivity (Wildman–Crippen MR) is 92.5 cm³/mol. The van der Waals surface area contributed by atoms with E-state index in [0.717, 1.165) is 25.4 Å². The minimum Gasteiger partial charge on any atom is -0.376 e. The van der Waals surface area contributed by atoms with Crippen molar-refractivity contribution >= 4 is 18.3 Å². The summed E-state index contributed by atoms with van der Waals surface area (Å²) < 4.78 is 5.92. The molecule has 130 valence electrons. The van der Waals surface area contributed by atoms with Gasteiger partial charge in [-0.3, -0.25) is 4.79 Å². The summed E-state index contributed by atoms with van der Waals surface area (Å²) in [5.74, 6) is 1.60. The summed E-state index contributed by atoms with van der Waals surface area (Å²) in [5.41, 5.74) is 0. The second kappa shape index (κ2) is 11.3. The van der Waals surface area contributed by atoms with Crippen molar-refractivity contribution < 1.29 is 9.53 Å². The number of carbonyl (C=O) groups excluding carboxylic acids is 1. The lowest BCUT2D eigenvalue weighted by molar-refractivity contribution is -0.121. The average molecular weight is 333 g/mol. The van der Waals surface area contributed by atoms with E-state index in [4.69, 9.17) is 4.74 Å². The lowest BCUT2D eigenvalue weighted by atomic mass is 9.88. The van der Waals surface area contributed by atoms with Gasteiger partial charge in [-0.1, -0.05) is 19.8 Å². The highest BCUT2D eigenvalue weighted by Crippen LogP contribution is 2.26. The highest BCUT2D eigenvalue weighted by Gasteiger charge is 2.21. The van der Waals surface area contributed by atoms with Crippen LogP contribution in [0, 0.1) is 11.8 Å². The number of amides is 1. The molecule has 2 aliphatic rings. The Balaban J connectivity index is 0.00000242. The van der Waals surface area contributed by atoms with Crippen molar-refractivity contribution in [3.05, 3.63) is 0 Å². The molecule has 1 aliphatic heterocycles. The monoisotopic (exact) mass is 332 g/mol. The first-order chi connectivity index (χ1) is 10.3. The Labute approximate surface area is 141 Å². The van der Waals surface area contributed by atoms with Gasteiger partial charge >= 0.3 is 0 Å². The summed E-state index contributed by atoms with van der Waals surface area (Å²) in [4.78, 5) is 11.8. The van der Waals surface area contributed by atoms with Gasteiger partial charge < -0.3 is 15.4 Å². The van der Waals surface area contributed by atoms with Gasteiger partial charge in [-0.2, -0.15) is 0 Å². The van der Waals surface area contributed by atoms with Crippen LogP contribution in [-0.4, -0.2) is 38.3 Å². The summed E-state index contributed by atoms with van der Waals surface area (Å²) in [6.07, 6.45) is 9.65. The molecule has 2 rings (SSSR count). The Kier molecular flexibility index (Phi) is 10.1. The van der Waals surface area contributed by atoms with Crippen LogP contribution >= 0.6 is 12.4 Å². The molecule has 5 heteroatoms. The Bertz CT molecular complexity index is 309. The van der Waals surface area contributed by atoms with Gasteiger partial charge in [0.15, 0.2) is 0 Å². The summed E-state index contributed by atoms with van der Waals surface area (Å²) in [5, 5.41) is 6.36. The van der Waals surface area contributed by atoms with Gasteiger partial charge in [-0.25, -0.2) is 0 Å². The van der Waals surface area contributed by atoms with Gasteiger partial charge in [0, 0.05) is 13.0 Å². The normalized spacial score (nSPS) is 26.2. The topological polar surface area (TPSA) is 50.4 Å². The van der Waals surface area contributed by atoms with E-state index in [2.05, 4.69) is 17.6 Å². The number of rotatable bonds is 7. The fourth-order valence-electron chi connectivity index (χ4n) is 3.52. The highest BCUT2D eigenvalue weighted by atomic mass is 35.5. The first-order valence-electron chi connectivity index (χ1n) is 8.84. The Morgan fingerprint density at radius 3 is 2.64 bits per heavy atom. The molecule has 2 unspecified atom stereocenters. The smallest absolute Gasteiger partial charge is 0.220 e. The first-order valence-corrected chi connectivity index (χ1v) is 8.84. The third-order valence-electron chi connectivity index (χ3n) is 5.03. The van der Waals surface area contributed by atoms with Crippen LogP contribution in [0.5, 0.6) is 0 Å². The maximum absolute atomic E-state index is 11.8.